The smallest absolute Gasteiger partial charge is 0.462 e. The average Bonchev–Trinajstić information content (AvgIpc) is 3.48. The van der Waals surface area contributed by atoms with Crippen molar-refractivity contribution in [3.63, 3.8) is 0 Å². The lowest BCUT2D eigenvalue weighted by Gasteiger charge is -2.19. The lowest BCUT2D eigenvalue weighted by molar-refractivity contribution is -0.161. The van der Waals surface area contributed by atoms with Crippen molar-refractivity contribution in [3.05, 3.63) is 72.9 Å². The zero-order chi connectivity index (χ0) is 60.1. The topological polar surface area (TPSA) is 134 Å². The third-order valence-corrected chi connectivity index (χ3v) is 16.5. The van der Waals surface area contributed by atoms with Crippen LogP contribution in [0, 0.1) is 0 Å². The van der Waals surface area contributed by atoms with E-state index in [1.807, 2.05) is 0 Å². The van der Waals surface area contributed by atoms with E-state index in [9.17, 15) is 19.0 Å². The second-order valence-corrected chi connectivity index (χ2v) is 25.2. The summed E-state index contributed by atoms with van der Waals surface area (Å²) in [5, 5.41) is 0. The minimum absolute atomic E-state index is 0.0529. The molecule has 0 heterocycles. The Labute approximate surface area is 513 Å². The van der Waals surface area contributed by atoms with Crippen LogP contribution in [-0.2, 0) is 32.7 Å². The molecule has 0 amide bonds. The van der Waals surface area contributed by atoms with Gasteiger partial charge in [-0.1, -0.05) is 318 Å². The summed E-state index contributed by atoms with van der Waals surface area (Å²) in [5.74, 6) is -0.814. The molecule has 0 aromatic carbocycles. The van der Waals surface area contributed by atoms with Crippen LogP contribution in [0.15, 0.2) is 72.9 Å². The summed E-state index contributed by atoms with van der Waals surface area (Å²) in [5.41, 5.74) is 5.40. The predicted molar refractivity (Wildman–Crippen MR) is 358 cm³/mol. The van der Waals surface area contributed by atoms with E-state index in [4.69, 9.17) is 24.3 Å². The third-order valence-electron chi connectivity index (χ3n) is 15.6. The van der Waals surface area contributed by atoms with E-state index in [0.29, 0.717) is 6.42 Å². The molecule has 83 heavy (non-hydrogen) atoms. The molecule has 2 unspecified atom stereocenters. The Morgan fingerprint density at radius 2 is 0.627 bits per heavy atom. The molecule has 10 heteroatoms. The lowest BCUT2D eigenvalue weighted by Crippen LogP contribution is -2.29. The van der Waals surface area contributed by atoms with Gasteiger partial charge in [0.15, 0.2) is 6.10 Å². The van der Waals surface area contributed by atoms with Gasteiger partial charge >= 0.3 is 19.8 Å². The van der Waals surface area contributed by atoms with Crippen molar-refractivity contribution in [1.82, 2.24) is 0 Å². The Morgan fingerprint density at radius 1 is 0.361 bits per heavy atom. The first kappa shape index (κ1) is 80.5. The van der Waals surface area contributed by atoms with Crippen LogP contribution < -0.4 is 5.73 Å². The number of hydrogen-bond donors (Lipinski definition) is 2. The quantitative estimate of drug-likeness (QED) is 0.0264. The fourth-order valence-electron chi connectivity index (χ4n) is 10.3. The van der Waals surface area contributed by atoms with Crippen molar-refractivity contribution < 1.29 is 37.6 Å². The molecule has 0 aromatic rings. The first-order chi connectivity index (χ1) is 40.8. The Morgan fingerprint density at radius 3 is 0.928 bits per heavy atom. The molecule has 0 aliphatic rings. The number of nitrogens with two attached hydrogens (primary N) is 1. The van der Waals surface area contributed by atoms with E-state index in [0.717, 1.165) is 64.2 Å². The molecule has 0 aliphatic heterocycles. The highest BCUT2D eigenvalue weighted by atomic mass is 31.2. The van der Waals surface area contributed by atoms with Crippen LogP contribution in [0.5, 0.6) is 0 Å². The molecule has 0 saturated heterocycles. The largest absolute Gasteiger partial charge is 0.472 e. The molecular formula is C73H134NO8P. The number of unbranched alkanes of at least 4 members (excludes halogenated alkanes) is 42. The molecule has 9 nitrogen and oxygen atoms in total. The summed E-state index contributed by atoms with van der Waals surface area (Å²) in [4.78, 5) is 35.4. The van der Waals surface area contributed by atoms with Crippen LogP contribution in [0.3, 0.4) is 0 Å². The van der Waals surface area contributed by atoms with Gasteiger partial charge in [-0.05, 0) is 89.9 Å². The molecule has 0 aromatic heterocycles. The van der Waals surface area contributed by atoms with Crippen molar-refractivity contribution >= 4 is 19.8 Å². The summed E-state index contributed by atoms with van der Waals surface area (Å²) in [7, 11) is -4.39. The van der Waals surface area contributed by atoms with Gasteiger partial charge < -0.3 is 20.1 Å². The summed E-state index contributed by atoms with van der Waals surface area (Å²) in [6, 6.07) is 0. The standard InChI is InChI=1S/C73H134NO8P/c1-3-5-7-9-11-13-15-17-19-21-23-25-27-29-31-33-35-37-39-41-43-45-47-49-51-53-55-57-59-61-63-65-72(75)79-69-71(70-81-83(77,78)80-68-67-74)82-73(76)66-64-62-60-58-56-54-52-50-48-46-44-42-40-38-36-34-32-30-28-26-24-22-20-18-16-14-12-10-8-6-4-2/h15-18,21-24,27-30,71H,3-14,19-20,25-26,31-70,74H2,1-2H3,(H,77,78)/b17-15-,18-16-,23-21-,24-22-,29-27-,30-28-. The predicted octanol–water partition coefficient (Wildman–Crippen LogP) is 23.2. The normalized spacial score (nSPS) is 13.3. The van der Waals surface area contributed by atoms with E-state index in [1.165, 1.54) is 250 Å². The van der Waals surface area contributed by atoms with Crippen LogP contribution in [-0.4, -0.2) is 49.3 Å². The molecule has 0 saturated carbocycles. The van der Waals surface area contributed by atoms with Crippen LogP contribution in [0.1, 0.15) is 348 Å². The van der Waals surface area contributed by atoms with Crippen LogP contribution in [0.2, 0.25) is 0 Å². The van der Waals surface area contributed by atoms with Crippen molar-refractivity contribution in [2.24, 2.45) is 5.73 Å². The monoisotopic (exact) mass is 1180 g/mol. The highest BCUT2D eigenvalue weighted by Gasteiger charge is 2.26. The van der Waals surface area contributed by atoms with E-state index < -0.39 is 26.5 Å². The van der Waals surface area contributed by atoms with Gasteiger partial charge in [0.1, 0.15) is 6.61 Å². The van der Waals surface area contributed by atoms with E-state index in [-0.39, 0.29) is 38.6 Å². The maximum atomic E-state index is 12.8. The molecular weight excluding hydrogens is 1050 g/mol. The fraction of sp³-hybridized carbons (Fsp3) is 0.808. The van der Waals surface area contributed by atoms with E-state index >= 15 is 0 Å². The maximum Gasteiger partial charge on any atom is 0.472 e. The molecule has 2 atom stereocenters. The van der Waals surface area contributed by atoms with E-state index in [1.54, 1.807) is 0 Å². The number of allylic oxidation sites excluding steroid dienone is 12. The van der Waals surface area contributed by atoms with Gasteiger partial charge in [-0.3, -0.25) is 18.6 Å². The number of carbonyl (C=O) groups excluding carboxylic acids is 2. The van der Waals surface area contributed by atoms with Gasteiger partial charge in [0.25, 0.3) is 0 Å². The number of carbonyl (C=O) groups is 2. The molecule has 0 spiro atoms. The number of esters is 2. The summed E-state index contributed by atoms with van der Waals surface area (Å²) in [6.07, 6.45) is 89.9. The molecule has 0 bridgehead atoms. The average molecular weight is 1180 g/mol. The van der Waals surface area contributed by atoms with Crippen LogP contribution in [0.25, 0.3) is 0 Å². The minimum Gasteiger partial charge on any atom is -0.462 e. The minimum atomic E-state index is -4.39. The van der Waals surface area contributed by atoms with Crippen molar-refractivity contribution in [1.29, 1.82) is 0 Å². The Hall–Kier alpha value is -2.55. The number of phosphoric ester groups is 1. The van der Waals surface area contributed by atoms with Crippen molar-refractivity contribution in [2.75, 3.05) is 26.4 Å². The van der Waals surface area contributed by atoms with Gasteiger partial charge in [-0.25, -0.2) is 4.57 Å². The fourth-order valence-corrected chi connectivity index (χ4v) is 11.1. The van der Waals surface area contributed by atoms with E-state index in [2.05, 4.69) is 86.8 Å². The van der Waals surface area contributed by atoms with Gasteiger partial charge in [0, 0.05) is 19.4 Å². The van der Waals surface area contributed by atoms with Crippen LogP contribution >= 0.6 is 7.82 Å². The molecule has 0 rings (SSSR count). The summed E-state index contributed by atoms with van der Waals surface area (Å²) < 4.78 is 33.2. The number of rotatable bonds is 67. The second-order valence-electron chi connectivity index (χ2n) is 23.7. The highest BCUT2D eigenvalue weighted by Crippen LogP contribution is 2.43. The molecule has 3 N–H and O–H groups in total. The molecule has 484 valence electrons. The molecule has 0 aliphatic carbocycles. The maximum absolute atomic E-state index is 12.8. The number of hydrogen-bond acceptors (Lipinski definition) is 8. The molecule has 0 radical (unpaired) electrons. The Balaban J connectivity index is 3.86. The van der Waals surface area contributed by atoms with Gasteiger partial charge in [-0.15, -0.1) is 0 Å². The molecule has 0 fully saturated rings. The number of phosphoric acid groups is 1. The van der Waals surface area contributed by atoms with Crippen molar-refractivity contribution in [3.8, 4) is 0 Å². The van der Waals surface area contributed by atoms with Gasteiger partial charge in [0.05, 0.1) is 13.2 Å². The second kappa shape index (κ2) is 68.6. The summed E-state index contributed by atoms with van der Waals surface area (Å²) in [6.45, 7) is 3.77. The van der Waals surface area contributed by atoms with Gasteiger partial charge in [0.2, 0.25) is 0 Å². The first-order valence-corrected chi connectivity index (χ1v) is 36.9. The Bertz CT molecular complexity index is 1590. The zero-order valence-corrected chi connectivity index (χ0v) is 55.3. The first-order valence-electron chi connectivity index (χ1n) is 35.4. The highest BCUT2D eigenvalue weighted by molar-refractivity contribution is 7.47. The van der Waals surface area contributed by atoms with Gasteiger partial charge in [-0.2, -0.15) is 0 Å². The lowest BCUT2D eigenvalue weighted by atomic mass is 10.0. The third kappa shape index (κ3) is 68.4. The number of ether oxygens (including phenoxy) is 2. The van der Waals surface area contributed by atoms with Crippen LogP contribution in [0.4, 0.5) is 0 Å². The Kier molecular flexibility index (Phi) is 66.5. The van der Waals surface area contributed by atoms with Crippen molar-refractivity contribution in [2.45, 2.75) is 354 Å². The zero-order valence-electron chi connectivity index (χ0n) is 54.4. The summed E-state index contributed by atoms with van der Waals surface area (Å²) >= 11 is 0. The SMILES string of the molecule is CCCCCCC/C=C\C/C=C\C/C=C\CCCCCCCCCCCCCCCCCCC(=O)OCC(COP(=O)(O)OCCN)OC(=O)CCCCCCCCCCCCCCCCCC/C=C\C/C=C\C/C=C\CCCCCCC.